The highest BCUT2D eigenvalue weighted by molar-refractivity contribution is 5.55. The summed E-state index contributed by atoms with van der Waals surface area (Å²) in [6.45, 7) is 1.60. The Morgan fingerprint density at radius 2 is 2.07 bits per heavy atom. The number of hydrogen-bond acceptors (Lipinski definition) is 5. The van der Waals surface area contributed by atoms with Gasteiger partial charge in [-0.25, -0.2) is 4.39 Å². The molecule has 3 aromatic rings. The number of benzene rings is 2. The van der Waals surface area contributed by atoms with Gasteiger partial charge in [0, 0.05) is 11.6 Å². The van der Waals surface area contributed by atoms with E-state index in [1.54, 1.807) is 19.2 Å². The molecule has 6 heteroatoms. The smallest absolute Gasteiger partial charge is 0.241 e. The lowest BCUT2D eigenvalue weighted by atomic mass is 10.0. The molecule has 0 N–H and O–H groups in total. The number of hydrogen-bond donors (Lipinski definition) is 0. The molecule has 5 nitrogen and oxygen atoms in total. The van der Waals surface area contributed by atoms with Crippen LogP contribution in [-0.4, -0.2) is 34.7 Å². The van der Waals surface area contributed by atoms with Crippen LogP contribution in [0.2, 0.25) is 0 Å². The van der Waals surface area contributed by atoms with E-state index in [0.717, 1.165) is 42.7 Å². The van der Waals surface area contributed by atoms with Crippen LogP contribution in [0.15, 0.2) is 53.1 Å². The van der Waals surface area contributed by atoms with Gasteiger partial charge in [0.1, 0.15) is 11.6 Å². The average Bonchev–Trinajstić information content (AvgIpc) is 3.32. The molecule has 27 heavy (non-hydrogen) atoms. The van der Waals surface area contributed by atoms with Crippen LogP contribution < -0.4 is 4.74 Å². The summed E-state index contributed by atoms with van der Waals surface area (Å²) in [5, 5.41) is 4.10. The van der Waals surface area contributed by atoms with Gasteiger partial charge >= 0.3 is 0 Å². The fourth-order valence-corrected chi connectivity index (χ4v) is 3.62. The van der Waals surface area contributed by atoms with Crippen LogP contribution in [0.1, 0.15) is 24.3 Å². The van der Waals surface area contributed by atoms with Gasteiger partial charge < -0.3 is 9.26 Å². The summed E-state index contributed by atoms with van der Waals surface area (Å²) >= 11 is 0. The zero-order valence-electron chi connectivity index (χ0n) is 15.3. The monoisotopic (exact) mass is 367 g/mol. The van der Waals surface area contributed by atoms with Crippen LogP contribution in [-0.2, 0) is 13.0 Å². The van der Waals surface area contributed by atoms with Gasteiger partial charge in [0.25, 0.3) is 0 Å². The minimum absolute atomic E-state index is 0.182. The molecule has 1 atom stereocenters. The summed E-state index contributed by atoms with van der Waals surface area (Å²) in [7, 11) is 1.64. The van der Waals surface area contributed by atoms with Crippen molar-refractivity contribution in [1.82, 2.24) is 15.0 Å². The lowest BCUT2D eigenvalue weighted by Gasteiger charge is -2.22. The lowest BCUT2D eigenvalue weighted by Crippen LogP contribution is -2.30. The third-order valence-corrected chi connectivity index (χ3v) is 5.01. The first-order chi connectivity index (χ1) is 13.2. The van der Waals surface area contributed by atoms with Crippen LogP contribution >= 0.6 is 0 Å². The molecule has 0 aliphatic carbocycles. The minimum atomic E-state index is -0.182. The van der Waals surface area contributed by atoms with Crippen molar-refractivity contribution in [2.75, 3.05) is 13.7 Å². The van der Waals surface area contributed by atoms with Crippen molar-refractivity contribution in [2.45, 2.75) is 31.8 Å². The van der Waals surface area contributed by atoms with E-state index in [1.165, 1.54) is 6.07 Å². The lowest BCUT2D eigenvalue weighted by molar-refractivity contribution is 0.209. The predicted molar refractivity (Wildman–Crippen MR) is 99.8 cm³/mol. The molecule has 0 radical (unpaired) electrons. The molecule has 2 aromatic carbocycles. The molecule has 0 bridgehead atoms. The molecule has 0 spiro atoms. The SMILES string of the molecule is COc1ccc(-c2noc(CN3CCCC3Cc3cccc(F)c3)n2)cc1. The second kappa shape index (κ2) is 7.88. The van der Waals surface area contributed by atoms with Gasteiger partial charge in [0.05, 0.1) is 13.7 Å². The van der Waals surface area contributed by atoms with Gasteiger partial charge in [0.2, 0.25) is 11.7 Å². The van der Waals surface area contributed by atoms with E-state index >= 15 is 0 Å². The van der Waals surface area contributed by atoms with Gasteiger partial charge in [-0.15, -0.1) is 0 Å². The van der Waals surface area contributed by atoms with Crippen LogP contribution in [0.5, 0.6) is 5.75 Å². The molecular formula is C21H22FN3O2. The van der Waals surface area contributed by atoms with Crippen molar-refractivity contribution in [3.8, 4) is 17.1 Å². The highest BCUT2D eigenvalue weighted by atomic mass is 19.1. The maximum atomic E-state index is 13.4. The van der Waals surface area contributed by atoms with Gasteiger partial charge in [-0.1, -0.05) is 17.3 Å². The van der Waals surface area contributed by atoms with Gasteiger partial charge in [0.15, 0.2) is 0 Å². The Bertz CT molecular complexity index is 894. The molecule has 1 unspecified atom stereocenters. The number of methoxy groups -OCH3 is 1. The summed E-state index contributed by atoms with van der Waals surface area (Å²) in [6, 6.07) is 14.8. The third-order valence-electron chi connectivity index (χ3n) is 5.01. The second-order valence-corrected chi connectivity index (χ2v) is 6.84. The van der Waals surface area contributed by atoms with E-state index in [-0.39, 0.29) is 5.82 Å². The van der Waals surface area contributed by atoms with Crippen molar-refractivity contribution >= 4 is 0 Å². The minimum Gasteiger partial charge on any atom is -0.497 e. The van der Waals surface area contributed by atoms with E-state index in [0.29, 0.717) is 24.3 Å². The number of rotatable bonds is 6. The van der Waals surface area contributed by atoms with E-state index in [2.05, 4.69) is 15.0 Å². The fraction of sp³-hybridized carbons (Fsp3) is 0.333. The quantitative estimate of drug-likeness (QED) is 0.657. The van der Waals surface area contributed by atoms with Crippen molar-refractivity contribution in [3.63, 3.8) is 0 Å². The van der Waals surface area contributed by atoms with Crippen LogP contribution in [0.3, 0.4) is 0 Å². The molecule has 0 amide bonds. The van der Waals surface area contributed by atoms with Gasteiger partial charge in [-0.3, -0.25) is 4.90 Å². The highest BCUT2D eigenvalue weighted by Gasteiger charge is 2.26. The number of halogens is 1. The zero-order chi connectivity index (χ0) is 18.6. The fourth-order valence-electron chi connectivity index (χ4n) is 3.62. The summed E-state index contributed by atoms with van der Waals surface area (Å²) in [6.07, 6.45) is 3.05. The number of nitrogens with zero attached hydrogens (tertiary/aromatic N) is 3. The molecule has 1 aliphatic heterocycles. The van der Waals surface area contributed by atoms with Crippen molar-refractivity contribution in [1.29, 1.82) is 0 Å². The molecule has 1 fully saturated rings. The summed E-state index contributed by atoms with van der Waals surface area (Å²) in [5.41, 5.74) is 1.92. The highest BCUT2D eigenvalue weighted by Crippen LogP contribution is 2.25. The van der Waals surface area contributed by atoms with E-state index in [1.807, 2.05) is 30.3 Å². The largest absolute Gasteiger partial charge is 0.497 e. The average molecular weight is 367 g/mol. The Morgan fingerprint density at radius 1 is 1.22 bits per heavy atom. The standard InChI is InChI=1S/C21H22FN3O2/c1-26-19-9-7-16(8-10-19)21-23-20(27-24-21)14-25-11-3-6-18(25)13-15-4-2-5-17(22)12-15/h2,4-5,7-10,12,18H,3,6,11,13-14H2,1H3. The first-order valence-electron chi connectivity index (χ1n) is 9.17. The molecule has 2 heterocycles. The topological polar surface area (TPSA) is 51.4 Å². The predicted octanol–water partition coefficient (Wildman–Crippen LogP) is 4.09. The van der Waals surface area contributed by atoms with Crippen molar-refractivity contribution < 1.29 is 13.7 Å². The first kappa shape index (κ1) is 17.7. The Morgan fingerprint density at radius 3 is 2.85 bits per heavy atom. The van der Waals surface area contributed by atoms with E-state index in [4.69, 9.17) is 9.26 Å². The number of aromatic nitrogens is 2. The third kappa shape index (κ3) is 4.17. The number of likely N-dealkylation sites (tertiary alicyclic amines) is 1. The Hall–Kier alpha value is -2.73. The molecular weight excluding hydrogens is 345 g/mol. The van der Waals surface area contributed by atoms with Crippen molar-refractivity contribution in [2.24, 2.45) is 0 Å². The maximum absolute atomic E-state index is 13.4. The molecule has 1 aliphatic rings. The second-order valence-electron chi connectivity index (χ2n) is 6.84. The summed E-state index contributed by atoms with van der Waals surface area (Å²) in [4.78, 5) is 6.88. The van der Waals surface area contributed by atoms with Gasteiger partial charge in [-0.05, 0) is 67.8 Å². The normalized spacial score (nSPS) is 17.3. The maximum Gasteiger partial charge on any atom is 0.241 e. The van der Waals surface area contributed by atoms with E-state index in [9.17, 15) is 4.39 Å². The van der Waals surface area contributed by atoms with Gasteiger partial charge in [-0.2, -0.15) is 4.98 Å². The van der Waals surface area contributed by atoms with Crippen LogP contribution in [0.25, 0.3) is 11.4 Å². The van der Waals surface area contributed by atoms with Crippen LogP contribution in [0.4, 0.5) is 4.39 Å². The molecule has 1 aromatic heterocycles. The molecule has 140 valence electrons. The van der Waals surface area contributed by atoms with Crippen LogP contribution in [0, 0.1) is 5.82 Å². The molecule has 1 saturated heterocycles. The zero-order valence-corrected chi connectivity index (χ0v) is 15.3. The van der Waals surface area contributed by atoms with E-state index < -0.39 is 0 Å². The molecule has 4 rings (SSSR count). The Balaban J connectivity index is 1.43. The summed E-state index contributed by atoms with van der Waals surface area (Å²) < 4.78 is 24.1. The molecule has 0 saturated carbocycles. The summed E-state index contributed by atoms with van der Waals surface area (Å²) in [5.74, 6) is 1.79. The Labute approximate surface area is 157 Å². The Kier molecular flexibility index (Phi) is 5.16. The number of ether oxygens (including phenoxy) is 1. The first-order valence-corrected chi connectivity index (χ1v) is 9.17. The van der Waals surface area contributed by atoms with Crippen molar-refractivity contribution in [3.05, 3.63) is 65.8 Å².